The van der Waals surface area contributed by atoms with Crippen LogP contribution in [0.2, 0.25) is 0 Å². The zero-order valence-corrected chi connectivity index (χ0v) is 15.6. The molecule has 0 fully saturated rings. The van der Waals surface area contributed by atoms with Gasteiger partial charge in [-0.3, -0.25) is 4.79 Å². The molecule has 0 aliphatic rings. The fraction of sp³-hybridized carbons (Fsp3) is 0.250. The molecule has 2 aromatic rings. The van der Waals surface area contributed by atoms with Gasteiger partial charge in [0.05, 0.1) is 15.0 Å². The van der Waals surface area contributed by atoms with Crippen LogP contribution in [0.15, 0.2) is 37.6 Å². The molecule has 0 saturated heterocycles. The minimum atomic E-state index is -0.510. The number of hydrogen-bond acceptors (Lipinski definition) is 5. The summed E-state index contributed by atoms with van der Waals surface area (Å²) >= 11 is 6.70. The molecule has 2 rings (SSSR count). The summed E-state index contributed by atoms with van der Waals surface area (Å²) in [5.74, 6) is 0.646. The molecule has 0 unspecified atom stereocenters. The predicted molar refractivity (Wildman–Crippen MR) is 90.8 cm³/mol. The minimum absolute atomic E-state index is 0.131. The van der Waals surface area contributed by atoms with Crippen molar-refractivity contribution in [3.05, 3.63) is 50.3 Å². The van der Waals surface area contributed by atoms with Gasteiger partial charge in [0.2, 0.25) is 5.76 Å². The van der Waals surface area contributed by atoms with Gasteiger partial charge >= 0.3 is 5.97 Å². The van der Waals surface area contributed by atoms with Crippen LogP contribution in [0.5, 0.6) is 5.75 Å². The summed E-state index contributed by atoms with van der Waals surface area (Å²) in [6, 6.07) is 6.50. The highest BCUT2D eigenvalue weighted by Gasteiger charge is 2.15. The Hall–Kier alpha value is -1.60. The lowest BCUT2D eigenvalue weighted by atomic mass is 10.2. The number of esters is 1. The first-order valence-corrected chi connectivity index (χ1v) is 8.36. The topological polar surface area (TPSA) is 65.7 Å². The zero-order chi connectivity index (χ0) is 17.0. The molecule has 7 heteroatoms. The molecule has 5 nitrogen and oxygen atoms in total. The van der Waals surface area contributed by atoms with Crippen molar-refractivity contribution in [3.8, 4) is 5.75 Å². The standard InChI is InChI=1S/C16H14Br2O5/c1-9(2)22-16(20)14-4-3-11(23-14)8-21-15-12(17)5-10(7-19)6-13(15)18/h3-7,9H,8H2,1-2H3. The monoisotopic (exact) mass is 444 g/mol. The van der Waals surface area contributed by atoms with E-state index in [1.54, 1.807) is 38.1 Å². The van der Waals surface area contributed by atoms with Crippen LogP contribution in [0, 0.1) is 0 Å². The average molecular weight is 446 g/mol. The smallest absolute Gasteiger partial charge is 0.374 e. The Bertz CT molecular complexity index is 698. The van der Waals surface area contributed by atoms with Crippen molar-refractivity contribution in [3.63, 3.8) is 0 Å². The van der Waals surface area contributed by atoms with Gasteiger partial charge in [-0.05, 0) is 70.0 Å². The largest absolute Gasteiger partial charge is 0.483 e. The maximum absolute atomic E-state index is 11.7. The van der Waals surface area contributed by atoms with E-state index in [1.165, 1.54) is 0 Å². The number of carbonyl (C=O) groups is 2. The first-order valence-electron chi connectivity index (χ1n) is 6.77. The Kier molecular flexibility index (Phi) is 6.01. The summed E-state index contributed by atoms with van der Waals surface area (Å²) in [7, 11) is 0. The molecule has 0 atom stereocenters. The van der Waals surface area contributed by atoms with Gasteiger partial charge in [-0.25, -0.2) is 4.79 Å². The highest BCUT2D eigenvalue weighted by molar-refractivity contribution is 9.11. The Morgan fingerprint density at radius 3 is 2.48 bits per heavy atom. The highest BCUT2D eigenvalue weighted by Crippen LogP contribution is 2.35. The lowest BCUT2D eigenvalue weighted by molar-refractivity contribution is 0.0337. The molecule has 0 bridgehead atoms. The zero-order valence-electron chi connectivity index (χ0n) is 12.5. The lowest BCUT2D eigenvalue weighted by Gasteiger charge is -2.10. The molecular weight excluding hydrogens is 432 g/mol. The first-order chi connectivity index (χ1) is 10.9. The average Bonchev–Trinajstić information content (AvgIpc) is 2.94. The summed E-state index contributed by atoms with van der Waals surface area (Å²) in [4.78, 5) is 22.5. The van der Waals surface area contributed by atoms with E-state index in [-0.39, 0.29) is 18.5 Å². The highest BCUT2D eigenvalue weighted by atomic mass is 79.9. The molecule has 0 saturated carbocycles. The van der Waals surface area contributed by atoms with Crippen LogP contribution in [0.1, 0.15) is 40.5 Å². The molecule has 0 aliphatic carbocycles. The Labute approximate surface area is 150 Å². The maximum atomic E-state index is 11.7. The first kappa shape index (κ1) is 17.7. The summed E-state index contributed by atoms with van der Waals surface area (Å²) in [6.07, 6.45) is 0.536. The molecule has 1 aromatic heterocycles. The Balaban J connectivity index is 2.06. The van der Waals surface area contributed by atoms with Gasteiger partial charge < -0.3 is 13.9 Å². The summed E-state index contributed by atoms with van der Waals surface area (Å²) in [5, 5.41) is 0. The molecule has 1 heterocycles. The van der Waals surface area contributed by atoms with Crippen LogP contribution in [-0.2, 0) is 11.3 Å². The minimum Gasteiger partial charge on any atom is -0.483 e. The molecule has 0 N–H and O–H groups in total. The van der Waals surface area contributed by atoms with Crippen LogP contribution in [0.4, 0.5) is 0 Å². The Morgan fingerprint density at radius 1 is 1.26 bits per heavy atom. The van der Waals surface area contributed by atoms with Crippen molar-refractivity contribution in [1.82, 2.24) is 0 Å². The van der Waals surface area contributed by atoms with E-state index in [0.29, 0.717) is 26.0 Å². The third-order valence-corrected chi connectivity index (χ3v) is 3.90. The Morgan fingerprint density at radius 2 is 1.91 bits per heavy atom. The molecule has 122 valence electrons. The van der Waals surface area contributed by atoms with Crippen LogP contribution in [0.3, 0.4) is 0 Å². The molecule has 23 heavy (non-hydrogen) atoms. The third kappa shape index (κ3) is 4.68. The summed E-state index contributed by atoms with van der Waals surface area (Å²) < 4.78 is 17.4. The van der Waals surface area contributed by atoms with Gasteiger partial charge in [0, 0.05) is 5.56 Å². The number of rotatable bonds is 6. The van der Waals surface area contributed by atoms with Gasteiger partial charge in [-0.1, -0.05) is 0 Å². The fourth-order valence-corrected chi connectivity index (χ4v) is 3.22. The second-order valence-electron chi connectivity index (χ2n) is 4.94. The number of hydrogen-bond donors (Lipinski definition) is 0. The lowest BCUT2D eigenvalue weighted by Crippen LogP contribution is -2.10. The van der Waals surface area contributed by atoms with Crippen molar-refractivity contribution >= 4 is 44.1 Å². The van der Waals surface area contributed by atoms with Crippen LogP contribution in [0.25, 0.3) is 0 Å². The van der Waals surface area contributed by atoms with Crippen LogP contribution in [-0.4, -0.2) is 18.4 Å². The number of halogens is 2. The van der Waals surface area contributed by atoms with Crippen LogP contribution < -0.4 is 4.74 Å². The fourth-order valence-electron chi connectivity index (χ4n) is 1.77. The van der Waals surface area contributed by atoms with Crippen molar-refractivity contribution < 1.29 is 23.5 Å². The van der Waals surface area contributed by atoms with Gasteiger partial charge in [0.15, 0.2) is 0 Å². The number of benzene rings is 1. The third-order valence-electron chi connectivity index (χ3n) is 2.72. The van der Waals surface area contributed by atoms with Crippen molar-refractivity contribution in [2.75, 3.05) is 0 Å². The van der Waals surface area contributed by atoms with Gasteiger partial charge in [0.25, 0.3) is 0 Å². The molecule has 1 aromatic carbocycles. The second-order valence-corrected chi connectivity index (χ2v) is 6.65. The summed E-state index contributed by atoms with van der Waals surface area (Å²) in [5.41, 5.74) is 0.521. The van der Waals surface area contributed by atoms with Crippen LogP contribution >= 0.6 is 31.9 Å². The molecule has 0 spiro atoms. The molecule has 0 aliphatic heterocycles. The number of ether oxygens (including phenoxy) is 2. The molecule has 0 radical (unpaired) electrons. The molecule has 0 amide bonds. The SMILES string of the molecule is CC(C)OC(=O)c1ccc(COc2c(Br)cc(C=O)cc2Br)o1. The van der Waals surface area contributed by atoms with E-state index in [1.807, 2.05) is 0 Å². The molecular formula is C16H14Br2O5. The van der Waals surface area contributed by atoms with E-state index < -0.39 is 5.97 Å². The van der Waals surface area contributed by atoms with E-state index in [9.17, 15) is 9.59 Å². The second kappa shape index (κ2) is 7.79. The van der Waals surface area contributed by atoms with Crippen molar-refractivity contribution in [2.24, 2.45) is 0 Å². The quantitative estimate of drug-likeness (QED) is 0.473. The van der Waals surface area contributed by atoms with Crippen molar-refractivity contribution in [2.45, 2.75) is 26.6 Å². The maximum Gasteiger partial charge on any atom is 0.374 e. The van der Waals surface area contributed by atoms with E-state index in [0.717, 1.165) is 6.29 Å². The van der Waals surface area contributed by atoms with Crippen molar-refractivity contribution in [1.29, 1.82) is 0 Å². The van der Waals surface area contributed by atoms with E-state index in [2.05, 4.69) is 31.9 Å². The van der Waals surface area contributed by atoms with Gasteiger partial charge in [0.1, 0.15) is 24.4 Å². The number of aldehydes is 1. The number of furan rings is 1. The summed E-state index contributed by atoms with van der Waals surface area (Å²) in [6.45, 7) is 3.67. The number of carbonyl (C=O) groups excluding carboxylic acids is 2. The van der Waals surface area contributed by atoms with Gasteiger partial charge in [-0.15, -0.1) is 0 Å². The van der Waals surface area contributed by atoms with E-state index in [4.69, 9.17) is 13.9 Å². The predicted octanol–water partition coefficient (Wildman–Crippen LogP) is 4.76. The normalized spacial score (nSPS) is 10.7. The van der Waals surface area contributed by atoms with E-state index >= 15 is 0 Å². The van der Waals surface area contributed by atoms with Gasteiger partial charge in [-0.2, -0.15) is 0 Å².